The minimum Gasteiger partial charge on any atom is -0.248 e. The number of hydrogen-bond donors (Lipinski definition) is 0. The first-order chi connectivity index (χ1) is 13.8. The largest absolute Gasteiger partial charge is 0.248 e. The molecule has 0 amide bonds. The minimum absolute atomic E-state index is 0.543. The molecule has 29 heavy (non-hydrogen) atoms. The van der Waals surface area contributed by atoms with Gasteiger partial charge >= 0.3 is 0 Å². The number of nitrogens with zero attached hydrogens (tertiary/aromatic N) is 1. The molecule has 0 fully saturated rings. The molecule has 0 radical (unpaired) electrons. The summed E-state index contributed by atoms with van der Waals surface area (Å²) in [7, 11) is -1.57. The predicted octanol–water partition coefficient (Wildman–Crippen LogP) is 7.24. The molecule has 0 aliphatic heterocycles. The molecular formula is C27H29NSi. The highest BCUT2D eigenvalue weighted by molar-refractivity contribution is 6.89. The fraction of sp³-hybridized carbons (Fsp3) is 0.222. The highest BCUT2D eigenvalue weighted by Crippen LogP contribution is 2.28. The van der Waals surface area contributed by atoms with Crippen molar-refractivity contribution in [2.45, 2.75) is 39.4 Å². The van der Waals surface area contributed by atoms with Crippen molar-refractivity contribution in [1.29, 1.82) is 0 Å². The van der Waals surface area contributed by atoms with Crippen molar-refractivity contribution in [2.75, 3.05) is 0 Å². The average Bonchev–Trinajstić information content (AvgIpc) is 2.72. The van der Waals surface area contributed by atoms with Crippen molar-refractivity contribution < 1.29 is 0 Å². The van der Waals surface area contributed by atoms with E-state index in [1.165, 1.54) is 32.8 Å². The van der Waals surface area contributed by atoms with Crippen LogP contribution in [0.5, 0.6) is 0 Å². The van der Waals surface area contributed by atoms with E-state index in [9.17, 15) is 0 Å². The summed E-state index contributed by atoms with van der Waals surface area (Å²) in [6.45, 7) is 11.7. The van der Waals surface area contributed by atoms with Gasteiger partial charge in [0.1, 0.15) is 0 Å². The fourth-order valence-corrected chi connectivity index (χ4v) is 5.30. The smallest absolute Gasteiger partial charge is 0.0804 e. The van der Waals surface area contributed by atoms with Gasteiger partial charge in [0.05, 0.1) is 19.3 Å². The van der Waals surface area contributed by atoms with E-state index in [4.69, 9.17) is 4.98 Å². The van der Waals surface area contributed by atoms with Gasteiger partial charge in [0.15, 0.2) is 0 Å². The maximum atomic E-state index is 5.16. The zero-order valence-corrected chi connectivity index (χ0v) is 19.0. The first-order valence-corrected chi connectivity index (χ1v) is 13.9. The van der Waals surface area contributed by atoms with E-state index < -0.39 is 8.07 Å². The average molecular weight is 396 g/mol. The molecule has 1 aromatic heterocycles. The Morgan fingerprint density at radius 2 is 1.34 bits per heavy atom. The molecule has 0 N–H and O–H groups in total. The van der Waals surface area contributed by atoms with Gasteiger partial charge in [-0.05, 0) is 39.9 Å². The second-order valence-corrected chi connectivity index (χ2v) is 14.2. The molecule has 0 aliphatic rings. The van der Waals surface area contributed by atoms with Gasteiger partial charge in [0.2, 0.25) is 0 Å². The molecule has 146 valence electrons. The van der Waals surface area contributed by atoms with Gasteiger partial charge < -0.3 is 0 Å². The van der Waals surface area contributed by atoms with Crippen LogP contribution < -0.4 is 5.19 Å². The lowest BCUT2D eigenvalue weighted by molar-refractivity contribution is 0.867. The summed E-state index contributed by atoms with van der Waals surface area (Å²) in [6, 6.07) is 28.6. The summed E-state index contributed by atoms with van der Waals surface area (Å²) in [4.78, 5) is 5.16. The maximum Gasteiger partial charge on any atom is 0.0804 e. The standard InChI is InChI=1S/C27H29NSi/c1-19(2)20-11-13-22(14-12-20)27-26(29(3,4)5)18-24-17-23(15-16-25(24)28-27)21-9-7-6-8-10-21/h6-19H,1-5H3. The summed E-state index contributed by atoms with van der Waals surface area (Å²) in [5, 5.41) is 2.65. The zero-order chi connectivity index (χ0) is 20.6. The van der Waals surface area contributed by atoms with Crippen molar-refractivity contribution in [2.24, 2.45) is 0 Å². The fourth-order valence-electron chi connectivity index (χ4n) is 3.80. The van der Waals surface area contributed by atoms with Gasteiger partial charge in [-0.15, -0.1) is 0 Å². The zero-order valence-electron chi connectivity index (χ0n) is 18.0. The van der Waals surface area contributed by atoms with Crippen LogP contribution in [0, 0.1) is 0 Å². The van der Waals surface area contributed by atoms with Gasteiger partial charge in [-0.1, -0.05) is 100 Å². The van der Waals surface area contributed by atoms with Crippen molar-refractivity contribution >= 4 is 24.2 Å². The Kier molecular flexibility index (Phi) is 5.14. The lowest BCUT2D eigenvalue weighted by Gasteiger charge is -2.22. The maximum absolute atomic E-state index is 5.16. The molecule has 4 aromatic rings. The van der Waals surface area contributed by atoms with E-state index in [0.717, 1.165) is 11.2 Å². The molecule has 0 aliphatic carbocycles. The highest BCUT2D eigenvalue weighted by Gasteiger charge is 2.23. The van der Waals surface area contributed by atoms with Gasteiger partial charge in [0.25, 0.3) is 0 Å². The molecule has 0 bridgehead atoms. The number of aromatic nitrogens is 1. The molecule has 3 aromatic carbocycles. The Balaban J connectivity index is 1.88. The molecule has 0 spiro atoms. The highest BCUT2D eigenvalue weighted by atomic mass is 28.3. The van der Waals surface area contributed by atoms with Crippen LogP contribution in [0.3, 0.4) is 0 Å². The number of rotatable bonds is 4. The van der Waals surface area contributed by atoms with Crippen molar-refractivity contribution in [3.05, 3.63) is 84.4 Å². The van der Waals surface area contributed by atoms with E-state index in [2.05, 4.69) is 112 Å². The molecule has 0 atom stereocenters. The van der Waals surface area contributed by atoms with Crippen LogP contribution in [0.25, 0.3) is 33.3 Å². The molecule has 1 heterocycles. The van der Waals surface area contributed by atoms with Gasteiger partial charge in [0, 0.05) is 10.9 Å². The third-order valence-electron chi connectivity index (χ3n) is 5.58. The second-order valence-electron chi connectivity index (χ2n) is 9.18. The molecule has 0 saturated heterocycles. The third-order valence-corrected chi connectivity index (χ3v) is 7.58. The SMILES string of the molecule is CC(C)c1ccc(-c2nc3ccc(-c4ccccc4)cc3cc2[Si](C)(C)C)cc1. The van der Waals surface area contributed by atoms with Gasteiger partial charge in [-0.2, -0.15) is 0 Å². The Hall–Kier alpha value is -2.71. The van der Waals surface area contributed by atoms with Crippen LogP contribution >= 0.6 is 0 Å². The first-order valence-electron chi connectivity index (χ1n) is 10.4. The van der Waals surface area contributed by atoms with Crippen LogP contribution in [0.1, 0.15) is 25.3 Å². The first kappa shape index (κ1) is 19.6. The van der Waals surface area contributed by atoms with Gasteiger partial charge in [-0.3, -0.25) is 0 Å². The summed E-state index contributed by atoms with van der Waals surface area (Å²) in [5.41, 5.74) is 7.30. The molecule has 1 nitrogen and oxygen atoms in total. The van der Waals surface area contributed by atoms with Gasteiger partial charge in [-0.25, -0.2) is 4.98 Å². The Morgan fingerprint density at radius 3 is 1.97 bits per heavy atom. The molecule has 0 saturated carbocycles. The topological polar surface area (TPSA) is 12.9 Å². The predicted molar refractivity (Wildman–Crippen MR) is 130 cm³/mol. The normalized spacial score (nSPS) is 11.9. The summed E-state index contributed by atoms with van der Waals surface area (Å²) in [6.07, 6.45) is 0. The van der Waals surface area contributed by atoms with Crippen molar-refractivity contribution in [3.63, 3.8) is 0 Å². The van der Waals surface area contributed by atoms with Crippen LogP contribution in [0.2, 0.25) is 19.6 Å². The Bertz CT molecular complexity index is 1140. The van der Waals surface area contributed by atoms with E-state index in [0.29, 0.717) is 5.92 Å². The van der Waals surface area contributed by atoms with Crippen molar-refractivity contribution in [3.8, 4) is 22.4 Å². The lowest BCUT2D eigenvalue weighted by Crippen LogP contribution is -2.39. The summed E-state index contributed by atoms with van der Waals surface area (Å²) >= 11 is 0. The Labute approximate surface area is 175 Å². The summed E-state index contributed by atoms with van der Waals surface area (Å²) < 4.78 is 0. The van der Waals surface area contributed by atoms with Crippen LogP contribution in [0.4, 0.5) is 0 Å². The van der Waals surface area contributed by atoms with E-state index in [1.807, 2.05) is 0 Å². The van der Waals surface area contributed by atoms with Crippen LogP contribution in [-0.4, -0.2) is 13.1 Å². The van der Waals surface area contributed by atoms with E-state index in [-0.39, 0.29) is 0 Å². The second kappa shape index (κ2) is 7.60. The number of hydrogen-bond acceptors (Lipinski definition) is 1. The number of benzene rings is 3. The quantitative estimate of drug-likeness (QED) is 0.332. The van der Waals surface area contributed by atoms with E-state index in [1.54, 1.807) is 0 Å². The monoisotopic (exact) mass is 395 g/mol. The molecule has 4 rings (SSSR count). The van der Waals surface area contributed by atoms with Crippen LogP contribution in [0.15, 0.2) is 78.9 Å². The minimum atomic E-state index is -1.57. The molecular weight excluding hydrogens is 366 g/mol. The summed E-state index contributed by atoms with van der Waals surface area (Å²) in [5.74, 6) is 0.543. The molecule has 0 unspecified atom stereocenters. The number of pyridine rings is 1. The lowest BCUT2D eigenvalue weighted by atomic mass is 10.00. The van der Waals surface area contributed by atoms with E-state index >= 15 is 0 Å². The molecule has 2 heteroatoms. The Morgan fingerprint density at radius 1 is 0.690 bits per heavy atom. The van der Waals surface area contributed by atoms with Crippen molar-refractivity contribution in [1.82, 2.24) is 4.98 Å². The number of fused-ring (bicyclic) bond motifs is 1. The third kappa shape index (κ3) is 4.04. The van der Waals surface area contributed by atoms with Crippen LogP contribution in [-0.2, 0) is 0 Å².